The molecule has 1 rings (SSSR count). The second kappa shape index (κ2) is 6.62. The van der Waals surface area contributed by atoms with Crippen LogP contribution in [0, 0.1) is 0 Å². The lowest BCUT2D eigenvalue weighted by molar-refractivity contribution is 0.0885. The largest absolute Gasteiger partial charge is 0.441 e. The molecule has 0 aliphatic carbocycles. The van der Waals surface area contributed by atoms with E-state index in [2.05, 4.69) is 21.2 Å². The van der Waals surface area contributed by atoms with Crippen molar-refractivity contribution in [1.82, 2.24) is 5.32 Å². The lowest BCUT2D eigenvalue weighted by Gasteiger charge is -2.24. The molecule has 0 spiro atoms. The molecule has 0 unspecified atom stereocenters. The Labute approximate surface area is 127 Å². The Hall–Kier alpha value is -0.740. The lowest BCUT2D eigenvalue weighted by Crippen LogP contribution is -2.41. The summed E-state index contributed by atoms with van der Waals surface area (Å²) < 4.78 is 6.34. The van der Waals surface area contributed by atoms with Gasteiger partial charge in [-0.3, -0.25) is 0 Å². The Morgan fingerprint density at radius 3 is 2.63 bits per heavy atom. The van der Waals surface area contributed by atoms with Crippen molar-refractivity contribution in [3.63, 3.8) is 0 Å². The number of ether oxygens (including phenoxy) is 1. The second-order valence-corrected chi connectivity index (χ2v) is 6.63. The standard InChI is InChI=1S/C14H19BrClNO2/c1-5-12(19-13(18)17-14(2,3)4)10-8-9(16)6-7-11(10)15/h6-8,12H,5H2,1-4H3,(H,17,18)/t12-/m1/s1. The van der Waals surface area contributed by atoms with Gasteiger partial charge in [-0.25, -0.2) is 4.79 Å². The summed E-state index contributed by atoms with van der Waals surface area (Å²) in [6, 6.07) is 5.45. The molecule has 1 N–H and O–H groups in total. The van der Waals surface area contributed by atoms with Crippen LogP contribution in [-0.4, -0.2) is 11.6 Å². The third kappa shape index (κ3) is 5.41. The van der Waals surface area contributed by atoms with Gasteiger partial charge < -0.3 is 10.1 Å². The summed E-state index contributed by atoms with van der Waals surface area (Å²) in [5, 5.41) is 3.40. The first kappa shape index (κ1) is 16.3. The van der Waals surface area contributed by atoms with Gasteiger partial charge in [0, 0.05) is 20.6 Å². The van der Waals surface area contributed by atoms with Crippen LogP contribution in [-0.2, 0) is 4.74 Å². The molecule has 5 heteroatoms. The summed E-state index contributed by atoms with van der Waals surface area (Å²) in [5.74, 6) is 0. The number of hydrogen-bond donors (Lipinski definition) is 1. The van der Waals surface area contributed by atoms with Crippen LogP contribution in [0.2, 0.25) is 5.02 Å². The van der Waals surface area contributed by atoms with Crippen molar-refractivity contribution in [2.24, 2.45) is 0 Å². The Kier molecular flexibility index (Phi) is 5.68. The average Bonchev–Trinajstić information content (AvgIpc) is 2.27. The zero-order chi connectivity index (χ0) is 14.6. The smallest absolute Gasteiger partial charge is 0.408 e. The van der Waals surface area contributed by atoms with Gasteiger partial charge in [0.2, 0.25) is 0 Å². The molecule has 1 amide bonds. The lowest BCUT2D eigenvalue weighted by atomic mass is 10.1. The zero-order valence-corrected chi connectivity index (χ0v) is 13.9. The monoisotopic (exact) mass is 347 g/mol. The van der Waals surface area contributed by atoms with Crippen molar-refractivity contribution in [1.29, 1.82) is 0 Å². The maximum Gasteiger partial charge on any atom is 0.408 e. The Bertz CT molecular complexity index is 457. The highest BCUT2D eigenvalue weighted by Crippen LogP contribution is 2.31. The highest BCUT2D eigenvalue weighted by atomic mass is 79.9. The van der Waals surface area contributed by atoms with Gasteiger partial charge >= 0.3 is 6.09 Å². The van der Waals surface area contributed by atoms with Crippen molar-refractivity contribution < 1.29 is 9.53 Å². The van der Waals surface area contributed by atoms with E-state index in [1.54, 1.807) is 6.07 Å². The molecule has 0 saturated heterocycles. The number of benzene rings is 1. The van der Waals surface area contributed by atoms with Gasteiger partial charge in [0.25, 0.3) is 0 Å². The number of amides is 1. The molecular weight excluding hydrogens is 330 g/mol. The molecule has 0 bridgehead atoms. The third-order valence-electron chi connectivity index (χ3n) is 2.40. The second-order valence-electron chi connectivity index (χ2n) is 5.34. The molecule has 0 saturated carbocycles. The number of alkyl carbamates (subject to hydrolysis) is 1. The van der Waals surface area contributed by atoms with E-state index in [0.29, 0.717) is 11.4 Å². The zero-order valence-electron chi connectivity index (χ0n) is 11.6. The minimum Gasteiger partial charge on any atom is -0.441 e. The molecule has 0 heterocycles. The van der Waals surface area contributed by atoms with Crippen molar-refractivity contribution >= 4 is 33.6 Å². The summed E-state index contributed by atoms with van der Waals surface area (Å²) in [7, 11) is 0. The van der Waals surface area contributed by atoms with Gasteiger partial charge in [0.05, 0.1) is 0 Å². The number of halogens is 2. The van der Waals surface area contributed by atoms with E-state index >= 15 is 0 Å². The van der Waals surface area contributed by atoms with Crippen molar-refractivity contribution in [2.45, 2.75) is 45.8 Å². The molecule has 0 aliphatic heterocycles. The van der Waals surface area contributed by atoms with Crippen LogP contribution in [0.3, 0.4) is 0 Å². The van der Waals surface area contributed by atoms with E-state index < -0.39 is 6.09 Å². The third-order valence-corrected chi connectivity index (χ3v) is 3.36. The predicted molar refractivity (Wildman–Crippen MR) is 81.6 cm³/mol. The molecule has 1 atom stereocenters. The number of carbonyl (C=O) groups is 1. The molecule has 0 aromatic heterocycles. The van der Waals surface area contributed by atoms with E-state index in [1.165, 1.54) is 0 Å². The van der Waals surface area contributed by atoms with E-state index in [-0.39, 0.29) is 11.6 Å². The molecule has 0 radical (unpaired) electrons. The van der Waals surface area contributed by atoms with Crippen LogP contribution >= 0.6 is 27.5 Å². The van der Waals surface area contributed by atoms with Crippen LogP contribution in [0.4, 0.5) is 4.79 Å². The number of carbonyl (C=O) groups excluding carboxylic acids is 1. The van der Waals surface area contributed by atoms with Crippen LogP contribution in [0.5, 0.6) is 0 Å². The first-order chi connectivity index (χ1) is 8.73. The number of rotatable bonds is 3. The van der Waals surface area contributed by atoms with Gasteiger partial charge in [-0.15, -0.1) is 0 Å². The number of nitrogens with one attached hydrogen (secondary N) is 1. The molecule has 0 fully saturated rings. The summed E-state index contributed by atoms with van der Waals surface area (Å²) in [4.78, 5) is 11.8. The summed E-state index contributed by atoms with van der Waals surface area (Å²) in [6.45, 7) is 7.68. The summed E-state index contributed by atoms with van der Waals surface area (Å²) >= 11 is 9.44. The van der Waals surface area contributed by atoms with E-state index in [4.69, 9.17) is 16.3 Å². The van der Waals surface area contributed by atoms with Gasteiger partial charge in [0.15, 0.2) is 0 Å². The topological polar surface area (TPSA) is 38.3 Å². The average molecular weight is 349 g/mol. The quantitative estimate of drug-likeness (QED) is 0.827. The maximum absolute atomic E-state index is 11.8. The highest BCUT2D eigenvalue weighted by molar-refractivity contribution is 9.10. The normalized spacial score (nSPS) is 12.9. The fourth-order valence-corrected chi connectivity index (χ4v) is 2.28. The number of hydrogen-bond acceptors (Lipinski definition) is 2. The first-order valence-corrected chi connectivity index (χ1v) is 7.33. The van der Waals surface area contributed by atoms with Gasteiger partial charge in [-0.2, -0.15) is 0 Å². The molecule has 106 valence electrons. The SMILES string of the molecule is CC[C@@H](OC(=O)NC(C)(C)C)c1cc(Cl)ccc1Br. The van der Waals surface area contributed by atoms with E-state index in [0.717, 1.165) is 10.0 Å². The Balaban J connectivity index is 2.84. The molecule has 1 aromatic carbocycles. The van der Waals surface area contributed by atoms with Crippen LogP contribution in [0.1, 0.15) is 45.8 Å². The maximum atomic E-state index is 11.8. The molecule has 1 aromatic rings. The first-order valence-electron chi connectivity index (χ1n) is 6.16. The van der Waals surface area contributed by atoms with Crippen LogP contribution < -0.4 is 5.32 Å². The summed E-state index contributed by atoms with van der Waals surface area (Å²) in [6.07, 6.45) is -0.0714. The molecule has 3 nitrogen and oxygen atoms in total. The Morgan fingerprint density at radius 1 is 1.47 bits per heavy atom. The Morgan fingerprint density at radius 2 is 2.11 bits per heavy atom. The van der Waals surface area contributed by atoms with Crippen molar-refractivity contribution in [3.05, 3.63) is 33.3 Å². The van der Waals surface area contributed by atoms with E-state index in [9.17, 15) is 4.79 Å². The predicted octanol–water partition coefficient (Wildman–Crippen LogP) is 5.08. The fourth-order valence-electron chi connectivity index (χ4n) is 1.59. The molecule has 19 heavy (non-hydrogen) atoms. The van der Waals surface area contributed by atoms with E-state index in [1.807, 2.05) is 39.8 Å². The minimum atomic E-state index is -0.425. The van der Waals surface area contributed by atoms with Crippen LogP contribution in [0.25, 0.3) is 0 Å². The van der Waals surface area contributed by atoms with Gasteiger partial charge in [-0.1, -0.05) is 34.5 Å². The van der Waals surface area contributed by atoms with Gasteiger partial charge in [-0.05, 0) is 45.4 Å². The fraction of sp³-hybridized carbons (Fsp3) is 0.500. The minimum absolute atomic E-state index is 0.319. The molecular formula is C14H19BrClNO2. The summed E-state index contributed by atoms with van der Waals surface area (Å²) in [5.41, 5.74) is 0.556. The van der Waals surface area contributed by atoms with Crippen molar-refractivity contribution in [3.8, 4) is 0 Å². The van der Waals surface area contributed by atoms with Crippen LogP contribution in [0.15, 0.2) is 22.7 Å². The highest BCUT2D eigenvalue weighted by Gasteiger charge is 2.21. The van der Waals surface area contributed by atoms with Crippen molar-refractivity contribution in [2.75, 3.05) is 0 Å². The molecule has 0 aliphatic rings. The van der Waals surface area contributed by atoms with Gasteiger partial charge in [0.1, 0.15) is 6.10 Å².